The molecule has 0 amide bonds. The van der Waals surface area contributed by atoms with E-state index >= 15 is 0 Å². The van der Waals surface area contributed by atoms with E-state index in [1.165, 1.54) is 5.56 Å². The van der Waals surface area contributed by atoms with Crippen molar-refractivity contribution in [3.63, 3.8) is 0 Å². The van der Waals surface area contributed by atoms with Gasteiger partial charge in [0.05, 0.1) is 11.7 Å². The summed E-state index contributed by atoms with van der Waals surface area (Å²) >= 11 is 3.44. The van der Waals surface area contributed by atoms with Gasteiger partial charge in [-0.1, -0.05) is 65.3 Å². The van der Waals surface area contributed by atoms with E-state index in [1.54, 1.807) is 0 Å². The second kappa shape index (κ2) is 7.41. The highest BCUT2D eigenvalue weighted by Crippen LogP contribution is 2.25. The molecule has 0 saturated heterocycles. The van der Waals surface area contributed by atoms with Crippen LogP contribution in [0.5, 0.6) is 0 Å². The number of hydrogen-bond donors (Lipinski definition) is 0. The number of esters is 1. The molecule has 0 aliphatic carbocycles. The van der Waals surface area contributed by atoms with E-state index in [2.05, 4.69) is 28.1 Å². The molecular formula is C18H19BrO2. The summed E-state index contributed by atoms with van der Waals surface area (Å²) in [6.45, 7) is 3.91. The van der Waals surface area contributed by atoms with Crippen LogP contribution >= 0.6 is 15.9 Å². The molecule has 0 heterocycles. The number of benzene rings is 2. The maximum absolute atomic E-state index is 12.3. The Kier molecular flexibility index (Phi) is 5.57. The van der Waals surface area contributed by atoms with E-state index in [1.807, 2.05) is 50.2 Å². The molecule has 0 aliphatic heterocycles. The Morgan fingerprint density at radius 2 is 1.81 bits per heavy atom. The first-order valence-corrected chi connectivity index (χ1v) is 8.23. The topological polar surface area (TPSA) is 26.3 Å². The van der Waals surface area contributed by atoms with Crippen LogP contribution in [0.15, 0.2) is 48.5 Å². The minimum absolute atomic E-state index is 0.0682. The van der Waals surface area contributed by atoms with Crippen molar-refractivity contribution in [2.45, 2.75) is 31.7 Å². The number of rotatable bonds is 5. The fraction of sp³-hybridized carbons (Fsp3) is 0.278. The number of carbonyl (C=O) groups is 1. The number of hydrogen-bond acceptors (Lipinski definition) is 2. The summed E-state index contributed by atoms with van der Waals surface area (Å²) in [5, 5.41) is 0.824. The predicted molar refractivity (Wildman–Crippen MR) is 89.7 cm³/mol. The molecule has 2 aromatic carbocycles. The van der Waals surface area contributed by atoms with Crippen molar-refractivity contribution in [2.75, 3.05) is 0 Å². The zero-order valence-electron chi connectivity index (χ0n) is 12.3. The molecule has 0 saturated carbocycles. The maximum Gasteiger partial charge on any atom is 0.339 e. The molecule has 2 nitrogen and oxygen atoms in total. The zero-order valence-corrected chi connectivity index (χ0v) is 13.9. The normalized spacial score (nSPS) is 12.0. The first kappa shape index (κ1) is 15.8. The molecule has 1 atom stereocenters. The van der Waals surface area contributed by atoms with Crippen LogP contribution in [0.2, 0.25) is 0 Å². The van der Waals surface area contributed by atoms with E-state index in [0.29, 0.717) is 5.56 Å². The third-order valence-corrected chi connectivity index (χ3v) is 4.10. The SMILES string of the molecule is CCC(C)OC(=O)c1ccccc1-c1ccc(CBr)cc1. The zero-order chi connectivity index (χ0) is 15.2. The van der Waals surface area contributed by atoms with Gasteiger partial charge >= 0.3 is 5.97 Å². The summed E-state index contributed by atoms with van der Waals surface area (Å²) < 4.78 is 5.45. The molecule has 1 unspecified atom stereocenters. The van der Waals surface area contributed by atoms with Gasteiger partial charge in [0, 0.05) is 5.33 Å². The largest absolute Gasteiger partial charge is 0.459 e. The minimum atomic E-state index is -0.260. The minimum Gasteiger partial charge on any atom is -0.459 e. The molecule has 0 aliphatic rings. The van der Waals surface area contributed by atoms with Crippen LogP contribution in [0, 0.1) is 0 Å². The number of halogens is 1. The summed E-state index contributed by atoms with van der Waals surface area (Å²) in [5.41, 5.74) is 3.76. The highest BCUT2D eigenvalue weighted by molar-refractivity contribution is 9.08. The molecule has 3 heteroatoms. The summed E-state index contributed by atoms with van der Waals surface area (Å²) in [6.07, 6.45) is 0.745. The molecule has 0 fully saturated rings. The number of alkyl halides is 1. The van der Waals surface area contributed by atoms with Crippen molar-refractivity contribution in [1.29, 1.82) is 0 Å². The average molecular weight is 347 g/mol. The fourth-order valence-corrected chi connectivity index (χ4v) is 2.39. The molecule has 110 valence electrons. The van der Waals surface area contributed by atoms with Crippen molar-refractivity contribution in [3.8, 4) is 11.1 Å². The summed E-state index contributed by atoms with van der Waals surface area (Å²) in [6, 6.07) is 15.8. The molecule has 0 N–H and O–H groups in total. The van der Waals surface area contributed by atoms with Gasteiger partial charge < -0.3 is 4.74 Å². The molecule has 0 radical (unpaired) electrons. The lowest BCUT2D eigenvalue weighted by molar-refractivity contribution is 0.0335. The summed E-state index contributed by atoms with van der Waals surface area (Å²) in [5.74, 6) is -0.260. The Morgan fingerprint density at radius 1 is 1.14 bits per heavy atom. The van der Waals surface area contributed by atoms with Gasteiger partial charge in [-0.25, -0.2) is 4.79 Å². The standard InChI is InChI=1S/C18H19BrO2/c1-3-13(2)21-18(20)17-7-5-4-6-16(17)15-10-8-14(12-19)9-11-15/h4-11,13H,3,12H2,1-2H3. The van der Waals surface area contributed by atoms with Crippen molar-refractivity contribution in [2.24, 2.45) is 0 Å². The monoisotopic (exact) mass is 346 g/mol. The van der Waals surface area contributed by atoms with Crippen molar-refractivity contribution >= 4 is 21.9 Å². The van der Waals surface area contributed by atoms with Gasteiger partial charge in [-0.05, 0) is 36.1 Å². The predicted octanol–water partition coefficient (Wildman–Crippen LogP) is 5.20. The summed E-state index contributed by atoms with van der Waals surface area (Å²) in [7, 11) is 0. The van der Waals surface area contributed by atoms with Gasteiger partial charge in [0.2, 0.25) is 0 Å². The Bertz CT molecular complexity index is 605. The first-order valence-electron chi connectivity index (χ1n) is 7.11. The lowest BCUT2D eigenvalue weighted by atomic mass is 9.99. The lowest BCUT2D eigenvalue weighted by Crippen LogP contribution is -2.14. The van der Waals surface area contributed by atoms with Gasteiger partial charge in [0.1, 0.15) is 0 Å². The number of ether oxygens (including phenoxy) is 1. The van der Waals surface area contributed by atoms with Crippen molar-refractivity contribution in [3.05, 3.63) is 59.7 Å². The van der Waals surface area contributed by atoms with E-state index in [4.69, 9.17) is 4.74 Å². The van der Waals surface area contributed by atoms with Crippen LogP contribution in [-0.2, 0) is 10.1 Å². The van der Waals surface area contributed by atoms with Gasteiger partial charge in [-0.2, -0.15) is 0 Å². The lowest BCUT2D eigenvalue weighted by Gasteiger charge is -2.13. The fourth-order valence-electron chi connectivity index (χ4n) is 2.02. The third-order valence-electron chi connectivity index (χ3n) is 3.45. The summed E-state index contributed by atoms with van der Waals surface area (Å²) in [4.78, 5) is 12.3. The van der Waals surface area contributed by atoms with Gasteiger partial charge in [0.15, 0.2) is 0 Å². The van der Waals surface area contributed by atoms with Crippen LogP contribution < -0.4 is 0 Å². The van der Waals surface area contributed by atoms with E-state index in [0.717, 1.165) is 22.9 Å². The van der Waals surface area contributed by atoms with E-state index < -0.39 is 0 Å². The van der Waals surface area contributed by atoms with Crippen LogP contribution in [0.3, 0.4) is 0 Å². The Morgan fingerprint density at radius 3 is 2.43 bits per heavy atom. The molecule has 21 heavy (non-hydrogen) atoms. The van der Waals surface area contributed by atoms with E-state index in [9.17, 15) is 4.79 Å². The maximum atomic E-state index is 12.3. The highest BCUT2D eigenvalue weighted by atomic mass is 79.9. The Labute approximate surface area is 134 Å². The van der Waals surface area contributed by atoms with Crippen LogP contribution in [0.25, 0.3) is 11.1 Å². The molecule has 2 rings (SSSR count). The van der Waals surface area contributed by atoms with Crippen LogP contribution in [-0.4, -0.2) is 12.1 Å². The quantitative estimate of drug-likeness (QED) is 0.549. The average Bonchev–Trinajstić information content (AvgIpc) is 2.54. The van der Waals surface area contributed by atoms with Crippen LogP contribution in [0.4, 0.5) is 0 Å². The number of carbonyl (C=O) groups excluding carboxylic acids is 1. The van der Waals surface area contributed by atoms with Gasteiger partial charge in [-0.3, -0.25) is 0 Å². The second-order valence-corrected chi connectivity index (χ2v) is 5.56. The van der Waals surface area contributed by atoms with E-state index in [-0.39, 0.29) is 12.1 Å². The Balaban J connectivity index is 2.33. The molecule has 0 aromatic heterocycles. The van der Waals surface area contributed by atoms with Crippen molar-refractivity contribution in [1.82, 2.24) is 0 Å². The first-order chi connectivity index (χ1) is 10.2. The molecular weight excluding hydrogens is 328 g/mol. The van der Waals surface area contributed by atoms with Gasteiger partial charge in [0.25, 0.3) is 0 Å². The highest BCUT2D eigenvalue weighted by Gasteiger charge is 2.15. The molecule has 0 spiro atoms. The van der Waals surface area contributed by atoms with Gasteiger partial charge in [-0.15, -0.1) is 0 Å². The van der Waals surface area contributed by atoms with Crippen LogP contribution in [0.1, 0.15) is 36.2 Å². The Hall–Kier alpha value is -1.61. The molecule has 0 bridgehead atoms. The molecule has 2 aromatic rings. The third kappa shape index (κ3) is 3.94. The smallest absolute Gasteiger partial charge is 0.339 e. The second-order valence-electron chi connectivity index (χ2n) is 5.00. The van der Waals surface area contributed by atoms with Crippen molar-refractivity contribution < 1.29 is 9.53 Å².